The van der Waals surface area contributed by atoms with E-state index in [1.807, 2.05) is 0 Å². The molecular formula is C16H34O. The fraction of sp³-hybridized carbons (Fsp3) is 1.00. The Morgan fingerprint density at radius 2 is 1.24 bits per heavy atom. The van der Waals surface area contributed by atoms with Crippen LogP contribution in [-0.4, -0.2) is 11.7 Å². The van der Waals surface area contributed by atoms with E-state index in [1.165, 1.54) is 70.6 Å². The maximum absolute atomic E-state index is 9.42. The van der Waals surface area contributed by atoms with Gasteiger partial charge in [-0.25, -0.2) is 0 Å². The minimum Gasteiger partial charge on any atom is -0.396 e. The molecular weight excluding hydrogens is 208 g/mol. The normalized spacial score (nSPS) is 14.8. The maximum atomic E-state index is 9.42. The Hall–Kier alpha value is -0.0400. The summed E-state index contributed by atoms with van der Waals surface area (Å²) in [7, 11) is 0. The smallest absolute Gasteiger partial charge is 0.0484 e. The van der Waals surface area contributed by atoms with Gasteiger partial charge in [0.1, 0.15) is 0 Å². The highest BCUT2D eigenvalue weighted by atomic mass is 16.3. The van der Waals surface area contributed by atoms with E-state index in [4.69, 9.17) is 0 Å². The topological polar surface area (TPSA) is 20.2 Å². The number of aliphatic hydroxyl groups is 1. The van der Waals surface area contributed by atoms with E-state index in [0.29, 0.717) is 6.61 Å². The van der Waals surface area contributed by atoms with Gasteiger partial charge < -0.3 is 5.11 Å². The molecule has 0 rings (SSSR count). The summed E-state index contributed by atoms with van der Waals surface area (Å²) in [6, 6.07) is 0. The van der Waals surface area contributed by atoms with Crippen LogP contribution in [0.25, 0.3) is 0 Å². The highest BCUT2D eigenvalue weighted by Crippen LogP contribution is 2.29. The molecule has 0 aromatic heterocycles. The summed E-state index contributed by atoms with van der Waals surface area (Å²) < 4.78 is 0. The fourth-order valence-corrected chi connectivity index (χ4v) is 2.57. The lowest BCUT2D eigenvalue weighted by Gasteiger charge is -2.26. The molecule has 1 nitrogen and oxygen atoms in total. The Kier molecular flexibility index (Phi) is 11.0. The van der Waals surface area contributed by atoms with Gasteiger partial charge in [0.2, 0.25) is 0 Å². The van der Waals surface area contributed by atoms with Crippen molar-refractivity contribution in [2.45, 2.75) is 91.4 Å². The first-order valence-electron chi connectivity index (χ1n) is 7.79. The molecule has 1 atom stereocenters. The predicted molar refractivity (Wildman–Crippen MR) is 77.3 cm³/mol. The van der Waals surface area contributed by atoms with Gasteiger partial charge in [0.15, 0.2) is 0 Å². The van der Waals surface area contributed by atoms with E-state index in [9.17, 15) is 5.11 Å². The third-order valence-electron chi connectivity index (χ3n) is 3.87. The lowest BCUT2D eigenvalue weighted by molar-refractivity contribution is 0.119. The Morgan fingerprint density at radius 3 is 1.71 bits per heavy atom. The number of aliphatic hydroxyl groups excluding tert-OH is 1. The van der Waals surface area contributed by atoms with Crippen LogP contribution in [0.5, 0.6) is 0 Å². The quantitative estimate of drug-likeness (QED) is 0.459. The van der Waals surface area contributed by atoms with E-state index in [-0.39, 0.29) is 5.41 Å². The van der Waals surface area contributed by atoms with E-state index < -0.39 is 0 Å². The second-order valence-corrected chi connectivity index (χ2v) is 5.94. The number of unbranched alkanes of at least 4 members (excludes halogenated alkanes) is 7. The SMILES string of the molecule is CCCCCCCCCCC(C)(CO)CCC. The molecule has 0 radical (unpaired) electrons. The molecule has 0 spiro atoms. The summed E-state index contributed by atoms with van der Waals surface area (Å²) in [5, 5.41) is 9.42. The average Bonchev–Trinajstić information content (AvgIpc) is 2.33. The second kappa shape index (κ2) is 11.1. The summed E-state index contributed by atoms with van der Waals surface area (Å²) >= 11 is 0. The standard InChI is InChI=1S/C16H34O/c1-4-6-7-8-9-10-11-12-14-16(3,15-17)13-5-2/h17H,4-15H2,1-3H3. The Balaban J connectivity index is 3.37. The molecule has 1 heteroatoms. The lowest BCUT2D eigenvalue weighted by atomic mass is 9.81. The number of hydrogen-bond donors (Lipinski definition) is 1. The Bertz CT molecular complexity index is 156. The van der Waals surface area contributed by atoms with Gasteiger partial charge in [-0.2, -0.15) is 0 Å². The summed E-state index contributed by atoms with van der Waals surface area (Å²) in [6.07, 6.45) is 14.6. The van der Waals surface area contributed by atoms with Crippen molar-refractivity contribution in [1.29, 1.82) is 0 Å². The molecule has 0 aliphatic carbocycles. The highest BCUT2D eigenvalue weighted by Gasteiger charge is 2.21. The van der Waals surface area contributed by atoms with Crippen molar-refractivity contribution in [3.63, 3.8) is 0 Å². The van der Waals surface area contributed by atoms with Crippen molar-refractivity contribution in [1.82, 2.24) is 0 Å². The molecule has 0 aliphatic rings. The molecule has 0 aliphatic heterocycles. The molecule has 0 heterocycles. The summed E-state index contributed by atoms with van der Waals surface area (Å²) in [5.41, 5.74) is 0.191. The van der Waals surface area contributed by atoms with Gasteiger partial charge in [0.05, 0.1) is 0 Å². The van der Waals surface area contributed by atoms with Gasteiger partial charge in [0.25, 0.3) is 0 Å². The van der Waals surface area contributed by atoms with Gasteiger partial charge in [-0.05, 0) is 18.3 Å². The van der Waals surface area contributed by atoms with Crippen LogP contribution in [0.4, 0.5) is 0 Å². The van der Waals surface area contributed by atoms with Crippen LogP contribution in [0, 0.1) is 5.41 Å². The first-order chi connectivity index (χ1) is 8.18. The maximum Gasteiger partial charge on any atom is 0.0484 e. The van der Waals surface area contributed by atoms with E-state index in [1.54, 1.807) is 0 Å². The van der Waals surface area contributed by atoms with Crippen LogP contribution in [0.3, 0.4) is 0 Å². The van der Waals surface area contributed by atoms with E-state index in [2.05, 4.69) is 20.8 Å². The summed E-state index contributed by atoms with van der Waals surface area (Å²) in [4.78, 5) is 0. The van der Waals surface area contributed by atoms with Crippen LogP contribution in [0.15, 0.2) is 0 Å². The fourth-order valence-electron chi connectivity index (χ4n) is 2.57. The highest BCUT2D eigenvalue weighted by molar-refractivity contribution is 4.72. The van der Waals surface area contributed by atoms with Crippen LogP contribution < -0.4 is 0 Å². The van der Waals surface area contributed by atoms with E-state index >= 15 is 0 Å². The molecule has 0 bridgehead atoms. The predicted octanol–water partition coefficient (Wildman–Crippen LogP) is 5.32. The van der Waals surface area contributed by atoms with Crippen LogP contribution in [0.1, 0.15) is 91.4 Å². The summed E-state index contributed by atoms with van der Waals surface area (Å²) in [6.45, 7) is 7.07. The van der Waals surface area contributed by atoms with Crippen molar-refractivity contribution in [3.8, 4) is 0 Å². The van der Waals surface area contributed by atoms with Crippen molar-refractivity contribution in [2.24, 2.45) is 5.41 Å². The third-order valence-corrected chi connectivity index (χ3v) is 3.87. The van der Waals surface area contributed by atoms with Gasteiger partial charge >= 0.3 is 0 Å². The molecule has 1 unspecified atom stereocenters. The molecule has 0 fully saturated rings. The molecule has 1 N–H and O–H groups in total. The summed E-state index contributed by atoms with van der Waals surface area (Å²) in [5.74, 6) is 0. The zero-order valence-electron chi connectivity index (χ0n) is 12.4. The zero-order valence-corrected chi connectivity index (χ0v) is 12.4. The second-order valence-electron chi connectivity index (χ2n) is 5.94. The van der Waals surface area contributed by atoms with Crippen molar-refractivity contribution < 1.29 is 5.11 Å². The van der Waals surface area contributed by atoms with Crippen LogP contribution >= 0.6 is 0 Å². The first kappa shape index (κ1) is 17.0. The number of rotatable bonds is 12. The molecule has 0 saturated heterocycles. The van der Waals surface area contributed by atoms with Gasteiger partial charge in [-0.15, -0.1) is 0 Å². The molecule has 0 aromatic rings. The first-order valence-corrected chi connectivity index (χ1v) is 7.79. The Labute approximate surface area is 109 Å². The minimum atomic E-state index is 0.191. The molecule has 0 saturated carbocycles. The minimum absolute atomic E-state index is 0.191. The van der Waals surface area contributed by atoms with Crippen LogP contribution in [0.2, 0.25) is 0 Å². The number of hydrogen-bond acceptors (Lipinski definition) is 1. The third kappa shape index (κ3) is 9.64. The van der Waals surface area contributed by atoms with Gasteiger partial charge in [-0.3, -0.25) is 0 Å². The van der Waals surface area contributed by atoms with Gasteiger partial charge in [0, 0.05) is 6.61 Å². The van der Waals surface area contributed by atoms with Crippen molar-refractivity contribution in [2.75, 3.05) is 6.61 Å². The largest absolute Gasteiger partial charge is 0.396 e. The monoisotopic (exact) mass is 242 g/mol. The van der Waals surface area contributed by atoms with Crippen molar-refractivity contribution >= 4 is 0 Å². The molecule has 104 valence electrons. The Morgan fingerprint density at radius 1 is 0.706 bits per heavy atom. The lowest BCUT2D eigenvalue weighted by Crippen LogP contribution is -2.20. The molecule has 17 heavy (non-hydrogen) atoms. The van der Waals surface area contributed by atoms with E-state index in [0.717, 1.165) is 0 Å². The molecule has 0 amide bonds. The van der Waals surface area contributed by atoms with Gasteiger partial charge in [-0.1, -0.05) is 78.6 Å². The van der Waals surface area contributed by atoms with Crippen molar-refractivity contribution in [3.05, 3.63) is 0 Å². The zero-order chi connectivity index (χ0) is 13.0. The molecule has 0 aromatic carbocycles. The average molecular weight is 242 g/mol. The van der Waals surface area contributed by atoms with Crippen LogP contribution in [-0.2, 0) is 0 Å².